The third-order valence-corrected chi connectivity index (χ3v) is 4.84. The number of aromatic nitrogens is 4. The Morgan fingerprint density at radius 2 is 1.96 bits per heavy atom. The number of hydrogen-bond acceptors (Lipinski definition) is 5. The minimum Gasteiger partial charge on any atom is -0.334 e. The second-order valence-corrected chi connectivity index (χ2v) is 7.59. The molecule has 1 aliphatic rings. The number of nitrogens with zero attached hydrogens (tertiary/aromatic N) is 4. The van der Waals surface area contributed by atoms with Gasteiger partial charge in [0.05, 0.1) is 5.57 Å². The summed E-state index contributed by atoms with van der Waals surface area (Å²) in [6.45, 7) is 8.19. The topological polar surface area (TPSA) is 87.9 Å². The molecular formula is C20H20FN5O2. The first-order valence-corrected chi connectivity index (χ1v) is 8.91. The predicted molar refractivity (Wildman–Crippen MR) is 99.9 cm³/mol. The molecule has 28 heavy (non-hydrogen) atoms. The van der Waals surface area contributed by atoms with Crippen molar-refractivity contribution in [3.05, 3.63) is 70.5 Å². The molecule has 4 rings (SSSR count). The van der Waals surface area contributed by atoms with E-state index >= 15 is 0 Å². The van der Waals surface area contributed by atoms with E-state index in [1.54, 1.807) is 18.0 Å². The summed E-state index contributed by atoms with van der Waals surface area (Å²) < 4.78 is 18.6. The number of fused-ring (bicyclic) bond motifs is 1. The molecule has 1 amide bonds. The van der Waals surface area contributed by atoms with Crippen LogP contribution in [0.25, 0.3) is 5.57 Å². The average Bonchev–Trinajstić information content (AvgIpc) is 3.21. The van der Waals surface area contributed by atoms with Crippen LogP contribution in [0.4, 0.5) is 4.39 Å². The Kier molecular flexibility index (Phi) is 4.14. The van der Waals surface area contributed by atoms with Crippen LogP contribution in [0.15, 0.2) is 35.0 Å². The van der Waals surface area contributed by atoms with Crippen molar-refractivity contribution in [2.45, 2.75) is 33.1 Å². The van der Waals surface area contributed by atoms with Gasteiger partial charge < -0.3 is 9.42 Å². The molecule has 8 heteroatoms. The maximum absolute atomic E-state index is 13.3. The van der Waals surface area contributed by atoms with Crippen molar-refractivity contribution in [2.24, 2.45) is 0 Å². The molecule has 0 saturated carbocycles. The molecular weight excluding hydrogens is 361 g/mol. The molecule has 0 fully saturated rings. The highest BCUT2D eigenvalue weighted by Gasteiger charge is 2.37. The Morgan fingerprint density at radius 1 is 1.25 bits per heavy atom. The van der Waals surface area contributed by atoms with Gasteiger partial charge in [-0.15, -0.1) is 0 Å². The molecule has 0 unspecified atom stereocenters. The molecule has 1 aliphatic heterocycles. The molecule has 3 heterocycles. The van der Waals surface area contributed by atoms with Gasteiger partial charge in [-0.05, 0) is 38.1 Å². The summed E-state index contributed by atoms with van der Waals surface area (Å²) in [5.41, 5.74) is 3.16. The largest absolute Gasteiger partial charge is 0.334 e. The van der Waals surface area contributed by atoms with Gasteiger partial charge in [-0.25, -0.2) is 4.39 Å². The fraction of sp³-hybridized carbons (Fsp3) is 0.300. The third-order valence-electron chi connectivity index (χ3n) is 4.84. The van der Waals surface area contributed by atoms with Crippen molar-refractivity contribution in [3.8, 4) is 0 Å². The summed E-state index contributed by atoms with van der Waals surface area (Å²) in [4.78, 5) is 19.1. The number of carbonyl (C=O) groups is 1. The number of rotatable bonds is 2. The van der Waals surface area contributed by atoms with Crippen molar-refractivity contribution in [2.75, 3.05) is 6.54 Å². The maximum atomic E-state index is 13.3. The van der Waals surface area contributed by atoms with Crippen molar-refractivity contribution in [1.29, 1.82) is 0 Å². The zero-order valence-electron chi connectivity index (χ0n) is 16.1. The summed E-state index contributed by atoms with van der Waals surface area (Å²) in [5.74, 6) is 0.152. The number of aryl methyl sites for hydroxylation is 2. The van der Waals surface area contributed by atoms with Crippen molar-refractivity contribution >= 4 is 11.5 Å². The van der Waals surface area contributed by atoms with Crippen molar-refractivity contribution in [3.63, 3.8) is 0 Å². The summed E-state index contributed by atoms with van der Waals surface area (Å²) in [6, 6.07) is 5.50. The first-order valence-electron chi connectivity index (χ1n) is 8.91. The van der Waals surface area contributed by atoms with Crippen LogP contribution in [-0.2, 0) is 5.41 Å². The van der Waals surface area contributed by atoms with Crippen LogP contribution in [0, 0.1) is 19.7 Å². The Morgan fingerprint density at radius 3 is 2.61 bits per heavy atom. The highest BCUT2D eigenvalue weighted by Crippen LogP contribution is 2.38. The number of halogens is 1. The molecule has 0 aliphatic carbocycles. The van der Waals surface area contributed by atoms with E-state index in [9.17, 15) is 9.18 Å². The zero-order valence-corrected chi connectivity index (χ0v) is 16.1. The number of amides is 1. The smallest absolute Gasteiger partial charge is 0.261 e. The number of nitrogens with one attached hydrogen (secondary N) is 1. The highest BCUT2D eigenvalue weighted by atomic mass is 19.1. The molecule has 0 bridgehead atoms. The van der Waals surface area contributed by atoms with Crippen molar-refractivity contribution < 1.29 is 13.7 Å². The van der Waals surface area contributed by atoms with E-state index in [2.05, 4.69) is 34.2 Å². The van der Waals surface area contributed by atoms with Crippen LogP contribution in [-0.4, -0.2) is 37.7 Å². The molecule has 2 aromatic heterocycles. The SMILES string of the molecule is Cc1noc(C2=CN(C(=O)c3ccc(F)cc3)CC(C)(C)c3c2n[nH]c3C)n1. The van der Waals surface area contributed by atoms with Crippen LogP contribution < -0.4 is 0 Å². The second kappa shape index (κ2) is 6.40. The van der Waals surface area contributed by atoms with Crippen LogP contribution in [0.1, 0.15) is 52.9 Å². The number of H-pyrrole nitrogens is 1. The molecule has 1 N–H and O–H groups in total. The lowest BCUT2D eigenvalue weighted by molar-refractivity contribution is 0.0800. The Balaban J connectivity index is 1.86. The van der Waals surface area contributed by atoms with E-state index in [-0.39, 0.29) is 11.7 Å². The van der Waals surface area contributed by atoms with Crippen LogP contribution >= 0.6 is 0 Å². The van der Waals surface area contributed by atoms with Crippen molar-refractivity contribution in [1.82, 2.24) is 25.2 Å². The Bertz CT molecular complexity index is 1080. The van der Waals surface area contributed by atoms with Gasteiger partial charge >= 0.3 is 0 Å². The van der Waals surface area contributed by atoms with E-state index in [0.717, 1.165) is 11.3 Å². The average molecular weight is 381 g/mol. The lowest BCUT2D eigenvalue weighted by atomic mass is 9.82. The van der Waals surface area contributed by atoms with Crippen LogP contribution in [0.2, 0.25) is 0 Å². The lowest BCUT2D eigenvalue weighted by Gasteiger charge is -2.29. The fourth-order valence-corrected chi connectivity index (χ4v) is 3.67. The van der Waals surface area contributed by atoms with Gasteiger partial charge in [0.2, 0.25) is 0 Å². The van der Waals surface area contributed by atoms with Gasteiger partial charge in [0.25, 0.3) is 11.8 Å². The van der Waals surface area contributed by atoms with E-state index in [1.807, 2.05) is 6.92 Å². The Hall–Kier alpha value is -3.29. The monoisotopic (exact) mass is 381 g/mol. The van der Waals surface area contributed by atoms with Gasteiger partial charge in [-0.3, -0.25) is 9.89 Å². The van der Waals surface area contributed by atoms with Gasteiger partial charge in [-0.1, -0.05) is 19.0 Å². The third kappa shape index (κ3) is 3.00. The fourth-order valence-electron chi connectivity index (χ4n) is 3.67. The van der Waals surface area contributed by atoms with Crippen LogP contribution in [0.5, 0.6) is 0 Å². The molecule has 1 aromatic carbocycles. The highest BCUT2D eigenvalue weighted by molar-refractivity contribution is 5.96. The maximum Gasteiger partial charge on any atom is 0.261 e. The predicted octanol–water partition coefficient (Wildman–Crippen LogP) is 3.37. The number of benzene rings is 1. The van der Waals surface area contributed by atoms with Crippen LogP contribution in [0.3, 0.4) is 0 Å². The standard InChI is InChI=1S/C20H20FN5O2/c1-11-16-17(24-23-11)15(18-22-12(2)25-28-18)9-26(10-20(16,3)4)19(27)13-5-7-14(21)8-6-13/h5-9H,10H2,1-4H3,(H,23,24). The normalized spacial score (nSPS) is 15.8. The molecule has 0 saturated heterocycles. The van der Waals surface area contributed by atoms with Gasteiger partial charge in [-0.2, -0.15) is 10.1 Å². The van der Waals surface area contributed by atoms with E-state index < -0.39 is 5.41 Å². The molecule has 0 spiro atoms. The first-order chi connectivity index (χ1) is 13.3. The zero-order chi connectivity index (χ0) is 20.1. The number of aromatic amines is 1. The summed E-state index contributed by atoms with van der Waals surface area (Å²) in [6.07, 6.45) is 1.69. The van der Waals surface area contributed by atoms with Gasteiger partial charge in [0, 0.05) is 35.0 Å². The lowest BCUT2D eigenvalue weighted by Crippen LogP contribution is -2.37. The molecule has 3 aromatic rings. The number of hydrogen-bond donors (Lipinski definition) is 1. The van der Waals surface area contributed by atoms with E-state index in [0.29, 0.717) is 35.1 Å². The second-order valence-electron chi connectivity index (χ2n) is 7.59. The molecule has 7 nitrogen and oxygen atoms in total. The Labute approximate surface area is 161 Å². The van der Waals surface area contributed by atoms with Gasteiger partial charge in [0.1, 0.15) is 11.5 Å². The molecule has 144 valence electrons. The van der Waals surface area contributed by atoms with E-state index in [4.69, 9.17) is 4.52 Å². The number of carbonyl (C=O) groups excluding carboxylic acids is 1. The first kappa shape index (κ1) is 18.1. The minimum absolute atomic E-state index is 0.242. The van der Waals surface area contributed by atoms with Gasteiger partial charge in [0.15, 0.2) is 5.82 Å². The van der Waals surface area contributed by atoms with E-state index in [1.165, 1.54) is 24.3 Å². The molecule has 0 atom stereocenters. The quantitative estimate of drug-likeness (QED) is 0.735. The molecule has 0 radical (unpaired) electrons. The summed E-state index contributed by atoms with van der Waals surface area (Å²) >= 11 is 0. The minimum atomic E-state index is -0.393. The summed E-state index contributed by atoms with van der Waals surface area (Å²) in [7, 11) is 0. The summed E-state index contributed by atoms with van der Waals surface area (Å²) in [5, 5.41) is 11.3.